The zero-order valence-electron chi connectivity index (χ0n) is 2.14. The molecule has 0 fully saturated rings. The van der Waals surface area contributed by atoms with Crippen LogP contribution in [0.15, 0.2) is 0 Å². The van der Waals surface area contributed by atoms with Gasteiger partial charge in [0.2, 0.25) is 0 Å². The van der Waals surface area contributed by atoms with Crippen LogP contribution in [0.1, 0.15) is 0 Å². The maximum absolute atomic E-state index is 4.13. The minimum absolute atomic E-state index is 0. The van der Waals surface area contributed by atoms with Gasteiger partial charge in [-0.05, 0) is 0 Å². The molecule has 26 valence electrons. The van der Waals surface area contributed by atoms with Crippen molar-refractivity contribution in [2.45, 2.75) is 0 Å². The van der Waals surface area contributed by atoms with E-state index in [4.69, 9.17) is 0 Å². The van der Waals surface area contributed by atoms with Crippen LogP contribution in [-0.2, 0) is 0 Å². The van der Waals surface area contributed by atoms with Gasteiger partial charge < -0.3 is 0 Å². The van der Waals surface area contributed by atoms with Gasteiger partial charge in [-0.3, -0.25) is 0 Å². The Labute approximate surface area is 55.5 Å². The fourth-order valence-corrected chi connectivity index (χ4v) is 0. The first-order valence-corrected chi connectivity index (χ1v) is 1.48. The van der Waals surface area contributed by atoms with E-state index in [0.717, 1.165) is 0 Å². The zero-order chi connectivity index (χ0) is 2.71. The van der Waals surface area contributed by atoms with Crippen LogP contribution in [0.3, 0.4) is 0 Å². The molecule has 0 amide bonds. The Morgan fingerprint density at radius 1 is 1.75 bits per heavy atom. The van der Waals surface area contributed by atoms with Crippen LogP contribution >= 0.6 is 24.8 Å². The van der Waals surface area contributed by atoms with Crippen molar-refractivity contribution in [3.05, 3.63) is 0 Å². The van der Waals surface area contributed by atoms with Gasteiger partial charge in [-0.2, -0.15) is 0 Å². The first-order chi connectivity index (χ1) is 1.41. The van der Waals surface area contributed by atoms with Gasteiger partial charge in [-0.15, -0.1) is 12.6 Å². The van der Waals surface area contributed by atoms with Crippen molar-refractivity contribution in [1.29, 1.82) is 0 Å². The topological polar surface area (TPSA) is 0 Å². The van der Waals surface area contributed by atoms with Gasteiger partial charge in [0.25, 0.3) is 0 Å². The first kappa shape index (κ1) is 9.01. The molecule has 0 bridgehead atoms. The van der Waals surface area contributed by atoms with Crippen LogP contribution in [0.25, 0.3) is 0 Å². The van der Waals surface area contributed by atoms with Crippen LogP contribution in [0.5, 0.6) is 0 Å². The molecule has 4 heavy (non-hydrogen) atoms. The minimum atomic E-state index is 0. The van der Waals surface area contributed by atoms with Crippen LogP contribution in [0.2, 0.25) is 0 Å². The third-order valence-corrected chi connectivity index (χ3v) is 0. The summed E-state index contributed by atoms with van der Waals surface area (Å²) >= 11 is 7.61. The molecule has 0 aromatic rings. The van der Waals surface area contributed by atoms with Crippen molar-refractivity contribution in [2.24, 2.45) is 0 Å². The van der Waals surface area contributed by atoms with Gasteiger partial charge in [0.1, 0.15) is 0 Å². The van der Waals surface area contributed by atoms with Gasteiger partial charge in [-0.25, -0.2) is 0 Å². The predicted molar refractivity (Wildman–Crippen MR) is 32.6 cm³/mol. The van der Waals surface area contributed by atoms with Crippen LogP contribution < -0.4 is 0 Å². The molecule has 0 aromatic carbocycles. The fourth-order valence-electron chi connectivity index (χ4n) is 0. The van der Waals surface area contributed by atoms with Crippen molar-refractivity contribution >= 4 is 55.7 Å². The number of hydrogen-bond donors (Lipinski definition) is 1. The van der Waals surface area contributed by atoms with E-state index in [1.54, 1.807) is 0 Å². The number of rotatable bonds is 0. The third kappa shape index (κ3) is 10.2. The number of thiocarbonyl (C=S) groups is 1. The Morgan fingerprint density at radius 3 is 1.75 bits per heavy atom. The molecule has 0 aliphatic heterocycles. The molecule has 0 aromatic heterocycles. The summed E-state index contributed by atoms with van der Waals surface area (Å²) in [5.41, 5.74) is 0. The van der Waals surface area contributed by atoms with E-state index in [1.807, 2.05) is 0 Å². The molecule has 3 heteroatoms. The van der Waals surface area contributed by atoms with Crippen molar-refractivity contribution < 1.29 is 0 Å². The summed E-state index contributed by atoms with van der Waals surface area (Å²) in [4.78, 5) is 0. The monoisotopic (exact) mass is 290 g/mol. The predicted octanol–water partition coefficient (Wildman–Crippen LogP) is -0.310. The SMILES string of the molecule is S=CS.[BiH3]. The number of thiol groups is 1. The van der Waals surface area contributed by atoms with Crippen molar-refractivity contribution in [3.8, 4) is 0 Å². The van der Waals surface area contributed by atoms with Gasteiger partial charge >= 0.3 is 26.2 Å². The first-order valence-electron chi connectivity index (χ1n) is 0.494. The second-order valence-electron chi connectivity index (χ2n) is 0.105. The molecule has 0 spiro atoms. The molecular formula is CH5BiS2. The van der Waals surface area contributed by atoms with Crippen LogP contribution in [0, 0.1) is 0 Å². The van der Waals surface area contributed by atoms with E-state index in [-0.39, 0.29) is 26.2 Å². The fraction of sp³-hybridized carbons (Fsp3) is 0. The Hall–Kier alpha value is 1.32. The quantitative estimate of drug-likeness (QED) is 0.363. The molecule has 0 heterocycles. The molecule has 0 atom stereocenters. The summed E-state index contributed by atoms with van der Waals surface area (Å²) in [6.07, 6.45) is 0. The summed E-state index contributed by atoms with van der Waals surface area (Å²) in [5, 5.41) is 0. The number of hydrogen-bond acceptors (Lipinski definition) is 1. The second kappa shape index (κ2) is 8.85. The van der Waals surface area contributed by atoms with E-state index in [2.05, 4.69) is 24.8 Å². The standard InChI is InChI=1S/CH2S2.Bi.3H/c2-1-3;;;;/h1H,(H,2,3);;;;. The molecule has 0 saturated heterocycles. The Morgan fingerprint density at radius 2 is 1.75 bits per heavy atom. The molecule has 0 radical (unpaired) electrons. The molecule has 0 aliphatic rings. The van der Waals surface area contributed by atoms with Crippen molar-refractivity contribution in [1.82, 2.24) is 0 Å². The van der Waals surface area contributed by atoms with E-state index < -0.39 is 0 Å². The maximum atomic E-state index is 4.13. The molecular weight excluding hydrogens is 285 g/mol. The normalized spacial score (nSPS) is 3.25. The van der Waals surface area contributed by atoms with Gasteiger partial charge in [0, 0.05) is 4.70 Å². The summed E-state index contributed by atoms with van der Waals surface area (Å²) in [7, 11) is 0. The Balaban J connectivity index is 0. The molecule has 0 rings (SSSR count). The van der Waals surface area contributed by atoms with Crippen LogP contribution in [-0.4, -0.2) is 30.9 Å². The summed E-state index contributed by atoms with van der Waals surface area (Å²) in [5.74, 6) is 0. The van der Waals surface area contributed by atoms with Gasteiger partial charge in [0.15, 0.2) is 0 Å². The Kier molecular flexibility index (Phi) is 19.9. The second-order valence-corrected chi connectivity index (χ2v) is 0.949. The zero-order valence-corrected chi connectivity index (χ0v) is 9.35. The average Bonchev–Trinajstić information content (AvgIpc) is 0.918. The van der Waals surface area contributed by atoms with E-state index in [1.165, 1.54) is 4.70 Å². The summed E-state index contributed by atoms with van der Waals surface area (Å²) in [6.45, 7) is 0. The molecule has 0 N–H and O–H groups in total. The third-order valence-electron chi connectivity index (χ3n) is 0. The molecule has 0 unspecified atom stereocenters. The van der Waals surface area contributed by atoms with Crippen molar-refractivity contribution in [2.75, 3.05) is 0 Å². The van der Waals surface area contributed by atoms with Crippen molar-refractivity contribution in [3.63, 3.8) is 0 Å². The summed E-state index contributed by atoms with van der Waals surface area (Å²) < 4.78 is 1.28. The average molecular weight is 290 g/mol. The van der Waals surface area contributed by atoms with E-state index >= 15 is 0 Å². The summed E-state index contributed by atoms with van der Waals surface area (Å²) in [6, 6.07) is 0. The van der Waals surface area contributed by atoms with Gasteiger partial charge in [-0.1, -0.05) is 12.2 Å². The van der Waals surface area contributed by atoms with Crippen LogP contribution in [0.4, 0.5) is 0 Å². The molecule has 0 aliphatic carbocycles. The van der Waals surface area contributed by atoms with E-state index in [9.17, 15) is 0 Å². The van der Waals surface area contributed by atoms with E-state index in [0.29, 0.717) is 0 Å². The Bertz CT molecular complexity index is 13.5. The molecule has 0 nitrogen and oxygen atoms in total. The molecule has 0 saturated carbocycles. The van der Waals surface area contributed by atoms with Gasteiger partial charge in [0.05, 0.1) is 0 Å².